The maximum atomic E-state index is 12.6. The van der Waals surface area contributed by atoms with Crippen molar-refractivity contribution in [1.29, 1.82) is 0 Å². The maximum Gasteiger partial charge on any atom is 0.275 e. The third-order valence-corrected chi connectivity index (χ3v) is 4.26. The fourth-order valence-corrected chi connectivity index (χ4v) is 2.46. The van der Waals surface area contributed by atoms with Gasteiger partial charge in [0.2, 0.25) is 5.91 Å². The Bertz CT molecular complexity index is 580. The van der Waals surface area contributed by atoms with Gasteiger partial charge in [0.15, 0.2) is 5.69 Å². The topological polar surface area (TPSA) is 67.2 Å². The van der Waals surface area contributed by atoms with E-state index in [1.54, 1.807) is 22.7 Å². The van der Waals surface area contributed by atoms with Gasteiger partial charge in [0.1, 0.15) is 5.54 Å². The summed E-state index contributed by atoms with van der Waals surface area (Å²) in [7, 11) is 1.80. The lowest BCUT2D eigenvalue weighted by Crippen LogP contribution is -2.67. The molecule has 1 aliphatic rings. The van der Waals surface area contributed by atoms with Crippen molar-refractivity contribution in [2.75, 3.05) is 13.1 Å². The van der Waals surface area contributed by atoms with Crippen LogP contribution in [0.3, 0.4) is 0 Å². The Morgan fingerprint density at radius 2 is 2.05 bits per heavy atom. The van der Waals surface area contributed by atoms with Gasteiger partial charge in [-0.25, -0.2) is 0 Å². The first-order chi connectivity index (χ1) is 10.0. The molecule has 0 saturated carbocycles. The maximum absolute atomic E-state index is 12.6. The third kappa shape index (κ3) is 3.00. The van der Waals surface area contributed by atoms with E-state index >= 15 is 0 Å². The number of hydrogen-bond donors (Lipinski definition) is 1. The minimum Gasteiger partial charge on any atom is -0.354 e. The molecule has 22 heavy (non-hydrogen) atoms. The van der Waals surface area contributed by atoms with Gasteiger partial charge in [-0.1, -0.05) is 20.8 Å². The van der Waals surface area contributed by atoms with Crippen molar-refractivity contribution in [3.63, 3.8) is 0 Å². The lowest BCUT2D eigenvalue weighted by Gasteiger charge is -2.49. The second-order valence-corrected chi connectivity index (χ2v) is 7.52. The van der Waals surface area contributed by atoms with E-state index in [9.17, 15) is 9.59 Å². The lowest BCUT2D eigenvalue weighted by molar-refractivity contribution is -0.138. The Balaban J connectivity index is 2.09. The predicted octanol–water partition coefficient (Wildman–Crippen LogP) is 1.50. The van der Waals surface area contributed by atoms with Gasteiger partial charge in [-0.3, -0.25) is 14.3 Å². The highest BCUT2D eigenvalue weighted by atomic mass is 16.2. The van der Waals surface area contributed by atoms with E-state index in [0.717, 1.165) is 5.69 Å². The Labute approximate surface area is 131 Å². The number of likely N-dealkylation sites (tertiary alicyclic amines) is 1. The number of aryl methyl sites for hydroxylation is 2. The monoisotopic (exact) mass is 306 g/mol. The average Bonchev–Trinajstić information content (AvgIpc) is 2.73. The molecule has 6 heteroatoms. The first-order valence-corrected chi connectivity index (χ1v) is 7.65. The Kier molecular flexibility index (Phi) is 4.06. The molecular formula is C16H26N4O2. The molecule has 1 aromatic heterocycles. The van der Waals surface area contributed by atoms with E-state index in [1.807, 2.05) is 13.8 Å². The highest BCUT2D eigenvalue weighted by Gasteiger charge is 2.50. The van der Waals surface area contributed by atoms with Gasteiger partial charge in [0.25, 0.3) is 5.91 Å². The van der Waals surface area contributed by atoms with Crippen LogP contribution in [-0.4, -0.2) is 45.1 Å². The largest absolute Gasteiger partial charge is 0.354 e. The molecule has 0 bridgehead atoms. The number of carbonyl (C=O) groups excluding carboxylic acids is 2. The van der Waals surface area contributed by atoms with Crippen LogP contribution < -0.4 is 5.32 Å². The molecule has 122 valence electrons. The van der Waals surface area contributed by atoms with Crippen molar-refractivity contribution in [3.8, 4) is 0 Å². The molecule has 2 heterocycles. The van der Waals surface area contributed by atoms with E-state index in [4.69, 9.17) is 0 Å². The van der Waals surface area contributed by atoms with Gasteiger partial charge in [-0.15, -0.1) is 0 Å². The smallest absolute Gasteiger partial charge is 0.275 e. The second-order valence-electron chi connectivity index (χ2n) is 7.52. The van der Waals surface area contributed by atoms with Crippen LogP contribution in [0.15, 0.2) is 6.07 Å². The molecule has 1 fully saturated rings. The second kappa shape index (κ2) is 5.41. The predicted molar refractivity (Wildman–Crippen MR) is 84.5 cm³/mol. The zero-order valence-corrected chi connectivity index (χ0v) is 14.4. The number of amides is 2. The summed E-state index contributed by atoms with van der Waals surface area (Å²) in [6.07, 6.45) is 0.681. The molecule has 1 saturated heterocycles. The van der Waals surface area contributed by atoms with Gasteiger partial charge >= 0.3 is 0 Å². The van der Waals surface area contributed by atoms with E-state index in [-0.39, 0.29) is 17.2 Å². The summed E-state index contributed by atoms with van der Waals surface area (Å²) in [5.41, 5.74) is 0.563. The number of aromatic nitrogens is 2. The normalized spacial score (nSPS) is 21.5. The summed E-state index contributed by atoms with van der Waals surface area (Å²) >= 11 is 0. The summed E-state index contributed by atoms with van der Waals surface area (Å²) in [5, 5.41) is 7.18. The van der Waals surface area contributed by atoms with E-state index in [1.165, 1.54) is 0 Å². The molecule has 1 aromatic rings. The number of nitrogens with zero attached hydrogens (tertiary/aromatic N) is 3. The molecule has 1 unspecified atom stereocenters. The van der Waals surface area contributed by atoms with Crippen LogP contribution in [-0.2, 0) is 11.8 Å². The Hall–Kier alpha value is -1.85. The summed E-state index contributed by atoms with van der Waals surface area (Å²) in [5.74, 6) is -0.266. The van der Waals surface area contributed by atoms with Crippen LogP contribution in [0.1, 0.15) is 50.3 Å². The summed E-state index contributed by atoms with van der Waals surface area (Å²) in [4.78, 5) is 26.7. The van der Waals surface area contributed by atoms with Gasteiger partial charge in [0.05, 0.1) is 0 Å². The van der Waals surface area contributed by atoms with Crippen molar-refractivity contribution < 1.29 is 9.59 Å². The minimum atomic E-state index is -0.770. The molecule has 1 aliphatic heterocycles. The minimum absolute atomic E-state index is 0.0166. The van der Waals surface area contributed by atoms with Crippen molar-refractivity contribution >= 4 is 11.8 Å². The number of nitrogens with one attached hydrogen (secondary N) is 1. The standard InChI is InChI=1S/C16H26N4O2/c1-11-9-12(18-19(11)6)13(21)20-8-7-16(20,5)14(22)17-10-15(2,3)4/h9H,7-8,10H2,1-6H3,(H,17,22). The van der Waals surface area contributed by atoms with Crippen LogP contribution in [0.25, 0.3) is 0 Å². The lowest BCUT2D eigenvalue weighted by atomic mass is 9.84. The van der Waals surface area contributed by atoms with Gasteiger partial charge in [-0.2, -0.15) is 5.10 Å². The van der Waals surface area contributed by atoms with Gasteiger partial charge in [-0.05, 0) is 31.7 Å². The van der Waals surface area contributed by atoms with Crippen molar-refractivity contribution in [1.82, 2.24) is 20.0 Å². The molecule has 1 N–H and O–H groups in total. The van der Waals surface area contributed by atoms with Gasteiger partial charge < -0.3 is 10.2 Å². The molecule has 2 rings (SSSR count). The fraction of sp³-hybridized carbons (Fsp3) is 0.688. The fourth-order valence-electron chi connectivity index (χ4n) is 2.46. The summed E-state index contributed by atoms with van der Waals surface area (Å²) < 4.78 is 1.67. The van der Waals surface area contributed by atoms with Crippen molar-refractivity contribution in [2.24, 2.45) is 12.5 Å². The highest BCUT2D eigenvalue weighted by Crippen LogP contribution is 2.32. The summed E-state index contributed by atoms with van der Waals surface area (Å²) in [6.45, 7) is 11.1. The Morgan fingerprint density at radius 3 is 2.45 bits per heavy atom. The van der Waals surface area contributed by atoms with Crippen LogP contribution >= 0.6 is 0 Å². The van der Waals surface area contributed by atoms with Crippen molar-refractivity contribution in [2.45, 2.75) is 46.6 Å². The van der Waals surface area contributed by atoms with Crippen LogP contribution in [0.2, 0.25) is 0 Å². The molecule has 6 nitrogen and oxygen atoms in total. The first-order valence-electron chi connectivity index (χ1n) is 7.65. The number of carbonyl (C=O) groups is 2. The van der Waals surface area contributed by atoms with E-state index < -0.39 is 5.54 Å². The first kappa shape index (κ1) is 16.5. The molecule has 0 radical (unpaired) electrons. The van der Waals surface area contributed by atoms with E-state index in [2.05, 4.69) is 31.2 Å². The SMILES string of the molecule is Cc1cc(C(=O)N2CCC2(C)C(=O)NCC(C)(C)C)nn1C. The molecular weight excluding hydrogens is 280 g/mol. The molecule has 1 atom stereocenters. The van der Waals surface area contributed by atoms with Crippen molar-refractivity contribution in [3.05, 3.63) is 17.5 Å². The number of rotatable bonds is 3. The van der Waals surface area contributed by atoms with Crippen LogP contribution in [0, 0.1) is 12.3 Å². The highest BCUT2D eigenvalue weighted by molar-refractivity contribution is 5.99. The third-order valence-electron chi connectivity index (χ3n) is 4.26. The molecule has 0 aromatic carbocycles. The van der Waals surface area contributed by atoms with Crippen LogP contribution in [0.4, 0.5) is 0 Å². The van der Waals surface area contributed by atoms with Crippen LogP contribution in [0.5, 0.6) is 0 Å². The summed E-state index contributed by atoms with van der Waals surface area (Å²) in [6, 6.07) is 1.76. The molecule has 0 spiro atoms. The van der Waals surface area contributed by atoms with Gasteiger partial charge in [0, 0.05) is 25.8 Å². The zero-order chi connectivity index (χ0) is 16.7. The molecule has 2 amide bonds. The average molecular weight is 306 g/mol. The molecule has 0 aliphatic carbocycles. The zero-order valence-electron chi connectivity index (χ0n) is 14.4. The number of hydrogen-bond acceptors (Lipinski definition) is 3. The Morgan fingerprint density at radius 1 is 1.41 bits per heavy atom. The quantitative estimate of drug-likeness (QED) is 0.920. The van der Waals surface area contributed by atoms with E-state index in [0.29, 0.717) is 25.2 Å².